The Morgan fingerprint density at radius 1 is 1.40 bits per heavy atom. The third-order valence-electron chi connectivity index (χ3n) is 3.86. The highest BCUT2D eigenvalue weighted by molar-refractivity contribution is 5.37. The molecule has 1 fully saturated rings. The zero-order chi connectivity index (χ0) is 14.5. The van der Waals surface area contributed by atoms with Gasteiger partial charge >= 0.3 is 0 Å². The predicted octanol–water partition coefficient (Wildman–Crippen LogP) is 1.03. The summed E-state index contributed by atoms with van der Waals surface area (Å²) in [5, 5.41) is 12.4. The van der Waals surface area contributed by atoms with Crippen LogP contribution in [-0.2, 0) is 6.54 Å². The second-order valence-electron chi connectivity index (χ2n) is 5.44. The average Bonchev–Trinajstić information content (AvgIpc) is 2.43. The highest BCUT2D eigenvalue weighted by Crippen LogP contribution is 2.11. The summed E-state index contributed by atoms with van der Waals surface area (Å²) >= 11 is 0. The molecule has 0 aromatic heterocycles. The van der Waals surface area contributed by atoms with Crippen molar-refractivity contribution < 1.29 is 4.39 Å². The smallest absolute Gasteiger partial charge is 0.123 e. The minimum absolute atomic E-state index is 0.296. The number of hydrogen-bond acceptors (Lipinski definition) is 4. The van der Waals surface area contributed by atoms with Crippen LogP contribution in [-0.4, -0.2) is 56.1 Å². The molecule has 1 N–H and O–H groups in total. The van der Waals surface area contributed by atoms with Gasteiger partial charge in [-0.25, -0.2) is 4.39 Å². The van der Waals surface area contributed by atoms with Crippen LogP contribution in [0, 0.1) is 17.1 Å². The molecule has 0 saturated carbocycles. The summed E-state index contributed by atoms with van der Waals surface area (Å²) in [6.45, 7) is 4.54. The molecule has 1 saturated heterocycles. The van der Waals surface area contributed by atoms with Gasteiger partial charge in [-0.2, -0.15) is 5.26 Å². The van der Waals surface area contributed by atoms with Gasteiger partial charge in [0.1, 0.15) is 5.82 Å². The number of rotatable bonds is 4. The van der Waals surface area contributed by atoms with Gasteiger partial charge in [0.05, 0.1) is 11.6 Å². The van der Waals surface area contributed by atoms with Gasteiger partial charge in [0, 0.05) is 38.8 Å². The molecular formula is C15H21FN4. The Morgan fingerprint density at radius 2 is 2.20 bits per heavy atom. The predicted molar refractivity (Wildman–Crippen MR) is 76.7 cm³/mol. The van der Waals surface area contributed by atoms with Crippen LogP contribution in [0.3, 0.4) is 0 Å². The molecule has 1 atom stereocenters. The van der Waals surface area contributed by atoms with Gasteiger partial charge in [0.25, 0.3) is 0 Å². The molecule has 108 valence electrons. The van der Waals surface area contributed by atoms with Gasteiger partial charge in [0.15, 0.2) is 0 Å². The fourth-order valence-electron chi connectivity index (χ4n) is 2.51. The molecule has 0 spiro atoms. The minimum Gasteiger partial charge on any atom is -0.311 e. The zero-order valence-electron chi connectivity index (χ0n) is 12.1. The molecule has 1 aliphatic rings. The maximum atomic E-state index is 13.2. The van der Waals surface area contributed by atoms with Crippen LogP contribution >= 0.6 is 0 Å². The first-order valence-corrected chi connectivity index (χ1v) is 6.88. The lowest BCUT2D eigenvalue weighted by molar-refractivity contribution is 0.113. The van der Waals surface area contributed by atoms with E-state index in [1.54, 1.807) is 0 Å². The number of likely N-dealkylation sites (N-methyl/N-ethyl adjacent to an activating group) is 2. The summed E-state index contributed by atoms with van der Waals surface area (Å²) in [6.07, 6.45) is 0. The topological polar surface area (TPSA) is 42.3 Å². The summed E-state index contributed by atoms with van der Waals surface area (Å²) in [4.78, 5) is 4.65. The highest BCUT2D eigenvalue weighted by Gasteiger charge is 2.21. The van der Waals surface area contributed by atoms with Crippen molar-refractivity contribution in [3.05, 3.63) is 35.1 Å². The zero-order valence-corrected chi connectivity index (χ0v) is 12.1. The number of halogens is 1. The normalized spacial score (nSPS) is 20.8. The Labute approximate surface area is 119 Å². The monoisotopic (exact) mass is 276 g/mol. The number of piperazine rings is 1. The molecule has 4 nitrogen and oxygen atoms in total. The van der Waals surface area contributed by atoms with Crippen molar-refractivity contribution in [2.24, 2.45) is 0 Å². The third kappa shape index (κ3) is 3.76. The highest BCUT2D eigenvalue weighted by atomic mass is 19.1. The van der Waals surface area contributed by atoms with E-state index < -0.39 is 0 Å². The van der Waals surface area contributed by atoms with Gasteiger partial charge in [-0.3, -0.25) is 4.90 Å². The molecular weight excluding hydrogens is 255 g/mol. The van der Waals surface area contributed by atoms with Crippen molar-refractivity contribution in [1.29, 1.82) is 5.26 Å². The number of benzene rings is 1. The summed E-state index contributed by atoms with van der Waals surface area (Å²) in [5.74, 6) is -0.296. The second-order valence-corrected chi connectivity index (χ2v) is 5.44. The Hall–Kier alpha value is -1.48. The van der Waals surface area contributed by atoms with Crippen LogP contribution in [0.15, 0.2) is 18.2 Å². The first kappa shape index (κ1) is 14.9. The van der Waals surface area contributed by atoms with E-state index in [1.165, 1.54) is 18.2 Å². The molecule has 2 rings (SSSR count). The number of nitrogens with one attached hydrogen (secondary N) is 1. The summed E-state index contributed by atoms with van der Waals surface area (Å²) < 4.78 is 13.2. The van der Waals surface area contributed by atoms with Crippen molar-refractivity contribution in [3.8, 4) is 6.07 Å². The molecule has 0 aliphatic carbocycles. The van der Waals surface area contributed by atoms with Crippen LogP contribution in [0.25, 0.3) is 0 Å². The van der Waals surface area contributed by atoms with E-state index in [4.69, 9.17) is 5.26 Å². The average molecular weight is 276 g/mol. The van der Waals surface area contributed by atoms with Crippen molar-refractivity contribution >= 4 is 0 Å². The standard InChI is InChI=1S/C15H21FN4/c1-19-5-6-20(2)15(11-19)10-18-9-13-7-14(16)4-3-12(13)8-17/h3-4,7,15,18H,5-6,9-11H2,1-2H3. The largest absolute Gasteiger partial charge is 0.311 e. The summed E-state index contributed by atoms with van der Waals surface area (Å²) in [6, 6.07) is 6.85. The molecule has 1 heterocycles. The minimum atomic E-state index is -0.296. The first-order valence-electron chi connectivity index (χ1n) is 6.88. The van der Waals surface area contributed by atoms with Crippen molar-refractivity contribution in [1.82, 2.24) is 15.1 Å². The van der Waals surface area contributed by atoms with Crippen molar-refractivity contribution in [2.75, 3.05) is 40.3 Å². The molecule has 1 aliphatic heterocycles. The van der Waals surface area contributed by atoms with E-state index >= 15 is 0 Å². The van der Waals surface area contributed by atoms with E-state index in [0.29, 0.717) is 18.2 Å². The van der Waals surface area contributed by atoms with E-state index in [9.17, 15) is 4.39 Å². The molecule has 1 aromatic rings. The fraction of sp³-hybridized carbons (Fsp3) is 0.533. The molecule has 5 heteroatoms. The first-order chi connectivity index (χ1) is 9.60. The van der Waals surface area contributed by atoms with E-state index in [1.807, 2.05) is 0 Å². The lowest BCUT2D eigenvalue weighted by Gasteiger charge is -2.37. The number of hydrogen-bond donors (Lipinski definition) is 1. The Bertz CT molecular complexity index is 497. The second kappa shape index (κ2) is 6.80. The molecule has 0 amide bonds. The lowest BCUT2D eigenvalue weighted by Crippen LogP contribution is -2.53. The number of nitriles is 1. The van der Waals surface area contributed by atoms with E-state index in [0.717, 1.165) is 31.7 Å². The van der Waals surface area contributed by atoms with Gasteiger partial charge in [-0.1, -0.05) is 0 Å². The van der Waals surface area contributed by atoms with Gasteiger partial charge in [-0.05, 0) is 37.9 Å². The fourth-order valence-corrected chi connectivity index (χ4v) is 2.51. The summed E-state index contributed by atoms with van der Waals surface area (Å²) in [5.41, 5.74) is 1.26. The van der Waals surface area contributed by atoms with Crippen molar-refractivity contribution in [3.63, 3.8) is 0 Å². The Balaban J connectivity index is 1.89. The van der Waals surface area contributed by atoms with Gasteiger partial charge in [-0.15, -0.1) is 0 Å². The summed E-state index contributed by atoms with van der Waals surface area (Å²) in [7, 11) is 4.25. The molecule has 0 radical (unpaired) electrons. The number of nitrogens with zero attached hydrogens (tertiary/aromatic N) is 3. The van der Waals surface area contributed by atoms with Gasteiger partial charge < -0.3 is 10.2 Å². The SMILES string of the molecule is CN1CCN(C)C(CNCc2cc(F)ccc2C#N)C1. The molecule has 1 aromatic carbocycles. The lowest BCUT2D eigenvalue weighted by atomic mass is 10.1. The van der Waals surface area contributed by atoms with Crippen LogP contribution in [0.1, 0.15) is 11.1 Å². The van der Waals surface area contributed by atoms with Gasteiger partial charge in [0.2, 0.25) is 0 Å². The van der Waals surface area contributed by atoms with E-state index in [2.05, 4.69) is 35.3 Å². The maximum absolute atomic E-state index is 13.2. The van der Waals surface area contributed by atoms with E-state index in [-0.39, 0.29) is 5.82 Å². The molecule has 20 heavy (non-hydrogen) atoms. The third-order valence-corrected chi connectivity index (χ3v) is 3.86. The molecule has 1 unspecified atom stereocenters. The van der Waals surface area contributed by atoms with Crippen LogP contribution < -0.4 is 5.32 Å². The Kier molecular flexibility index (Phi) is 5.07. The maximum Gasteiger partial charge on any atom is 0.123 e. The van der Waals surface area contributed by atoms with Crippen LogP contribution in [0.4, 0.5) is 4.39 Å². The van der Waals surface area contributed by atoms with Crippen molar-refractivity contribution in [2.45, 2.75) is 12.6 Å². The quantitative estimate of drug-likeness (QED) is 0.892. The molecule has 0 bridgehead atoms. The Morgan fingerprint density at radius 3 is 2.95 bits per heavy atom. The van der Waals surface area contributed by atoms with Crippen LogP contribution in [0.2, 0.25) is 0 Å². The van der Waals surface area contributed by atoms with Crippen LogP contribution in [0.5, 0.6) is 0 Å².